The summed E-state index contributed by atoms with van der Waals surface area (Å²) in [5, 5.41) is 0. The van der Waals surface area contributed by atoms with E-state index in [1.807, 2.05) is 19.9 Å². The molecule has 0 bridgehead atoms. The van der Waals surface area contributed by atoms with Crippen molar-refractivity contribution < 1.29 is 8.83 Å². The minimum atomic E-state index is 0.343. The highest BCUT2D eigenvalue weighted by Gasteiger charge is 2.16. The molecule has 0 aliphatic carbocycles. The monoisotopic (exact) mass is 225 g/mol. The second-order valence-corrected chi connectivity index (χ2v) is 3.58. The molecule has 0 unspecified atom stereocenters. The van der Waals surface area contributed by atoms with Crippen LogP contribution in [0, 0.1) is 6.92 Å². The van der Waals surface area contributed by atoms with Crippen LogP contribution in [0.15, 0.2) is 21.2 Å². The normalized spacial score (nSPS) is 10.9. The smallest absolute Gasteiger partial charge is 0.263 e. The van der Waals surface area contributed by atoms with Gasteiger partial charge in [-0.05, 0) is 19.4 Å². The summed E-state index contributed by atoms with van der Waals surface area (Å²) in [7, 11) is 0. The minimum absolute atomic E-state index is 0.343. The van der Waals surface area contributed by atoms with Crippen molar-refractivity contribution in [1.29, 1.82) is 0 Å². The number of oxazole rings is 1. The zero-order valence-electron chi connectivity index (χ0n) is 8.71. The highest BCUT2D eigenvalue weighted by Crippen LogP contribution is 2.26. The molecule has 0 aliphatic rings. The van der Waals surface area contributed by atoms with E-state index in [1.165, 1.54) is 0 Å². The van der Waals surface area contributed by atoms with Crippen molar-refractivity contribution in [2.45, 2.75) is 26.1 Å². The Morgan fingerprint density at radius 3 is 2.73 bits per heavy atom. The number of rotatable bonds is 3. The fraction of sp³-hybridized carbons (Fsp3) is 0.364. The van der Waals surface area contributed by atoms with Crippen molar-refractivity contribution in [2.24, 2.45) is 0 Å². The average molecular weight is 226 g/mol. The Morgan fingerprint density at radius 1 is 1.47 bits per heavy atom. The molecule has 0 fully saturated rings. The Hall–Kier alpha value is -1.22. The highest BCUT2D eigenvalue weighted by atomic mass is 35.5. The van der Waals surface area contributed by atoms with E-state index < -0.39 is 0 Å². The number of nitrogens with zero attached hydrogens (tertiary/aromatic N) is 1. The van der Waals surface area contributed by atoms with Gasteiger partial charge in [-0.3, -0.25) is 0 Å². The molecule has 0 spiro atoms. The highest BCUT2D eigenvalue weighted by molar-refractivity contribution is 6.16. The molecule has 0 radical (unpaired) electrons. The number of hydrogen-bond donors (Lipinski definition) is 0. The molecule has 0 N–H and O–H groups in total. The summed E-state index contributed by atoms with van der Waals surface area (Å²) < 4.78 is 10.9. The molecular formula is C11H12ClNO2. The SMILES string of the molecule is CCc1nc(-c2occc2C)oc1CCl. The van der Waals surface area contributed by atoms with E-state index in [0.29, 0.717) is 17.5 Å². The molecule has 2 rings (SSSR count). The van der Waals surface area contributed by atoms with Gasteiger partial charge in [0.1, 0.15) is 5.76 Å². The maximum absolute atomic E-state index is 5.76. The summed E-state index contributed by atoms with van der Waals surface area (Å²) in [5.41, 5.74) is 1.91. The van der Waals surface area contributed by atoms with Crippen LogP contribution in [0.4, 0.5) is 0 Å². The van der Waals surface area contributed by atoms with Gasteiger partial charge in [0, 0.05) is 5.56 Å². The minimum Gasteiger partial charge on any atom is -0.459 e. The summed E-state index contributed by atoms with van der Waals surface area (Å²) in [4.78, 5) is 4.36. The predicted molar refractivity (Wildman–Crippen MR) is 57.9 cm³/mol. The number of halogens is 1. The molecule has 0 atom stereocenters. The number of aromatic nitrogens is 1. The molecule has 2 aromatic heterocycles. The first-order valence-corrected chi connectivity index (χ1v) is 5.38. The zero-order chi connectivity index (χ0) is 10.8. The molecule has 0 saturated heterocycles. The van der Waals surface area contributed by atoms with Crippen LogP contribution in [-0.2, 0) is 12.3 Å². The Bertz CT molecular complexity index is 437. The Kier molecular flexibility index (Phi) is 2.82. The first-order valence-electron chi connectivity index (χ1n) is 4.85. The lowest BCUT2D eigenvalue weighted by molar-refractivity contribution is 0.496. The van der Waals surface area contributed by atoms with Crippen LogP contribution >= 0.6 is 11.6 Å². The Balaban J connectivity index is 2.46. The molecule has 0 amide bonds. The van der Waals surface area contributed by atoms with E-state index in [-0.39, 0.29) is 0 Å². The molecule has 0 saturated carbocycles. The van der Waals surface area contributed by atoms with Gasteiger partial charge in [-0.2, -0.15) is 0 Å². The molecule has 3 nitrogen and oxygen atoms in total. The van der Waals surface area contributed by atoms with Crippen molar-refractivity contribution in [2.75, 3.05) is 0 Å². The van der Waals surface area contributed by atoms with Gasteiger partial charge in [0.2, 0.25) is 0 Å². The molecule has 0 aromatic carbocycles. The fourth-order valence-electron chi connectivity index (χ4n) is 1.45. The van der Waals surface area contributed by atoms with Crippen LogP contribution in [0.5, 0.6) is 0 Å². The predicted octanol–water partition coefficient (Wildman–Crippen LogP) is 3.54. The number of furan rings is 1. The molecular weight excluding hydrogens is 214 g/mol. The first-order chi connectivity index (χ1) is 7.26. The van der Waals surface area contributed by atoms with Crippen molar-refractivity contribution >= 4 is 11.6 Å². The van der Waals surface area contributed by atoms with Gasteiger partial charge in [0.15, 0.2) is 5.76 Å². The van der Waals surface area contributed by atoms with Gasteiger partial charge in [0.05, 0.1) is 17.8 Å². The number of hydrogen-bond acceptors (Lipinski definition) is 3. The van der Waals surface area contributed by atoms with Crippen LogP contribution < -0.4 is 0 Å². The van der Waals surface area contributed by atoms with E-state index in [2.05, 4.69) is 4.98 Å². The third-order valence-corrected chi connectivity index (χ3v) is 2.53. The van der Waals surface area contributed by atoms with Crippen LogP contribution in [0.3, 0.4) is 0 Å². The largest absolute Gasteiger partial charge is 0.459 e. The number of aryl methyl sites for hydroxylation is 2. The average Bonchev–Trinajstić information content (AvgIpc) is 2.82. The molecule has 15 heavy (non-hydrogen) atoms. The van der Waals surface area contributed by atoms with Crippen molar-refractivity contribution in [3.63, 3.8) is 0 Å². The summed E-state index contributed by atoms with van der Waals surface area (Å²) in [5.74, 6) is 2.27. The Morgan fingerprint density at radius 2 is 2.27 bits per heavy atom. The molecule has 80 valence electrons. The van der Waals surface area contributed by atoms with E-state index in [0.717, 1.165) is 23.4 Å². The van der Waals surface area contributed by atoms with Crippen LogP contribution in [0.2, 0.25) is 0 Å². The quantitative estimate of drug-likeness (QED) is 0.750. The van der Waals surface area contributed by atoms with E-state index in [4.69, 9.17) is 20.4 Å². The standard InChI is InChI=1S/C11H12ClNO2/c1-3-8-9(6-12)15-11(13-8)10-7(2)4-5-14-10/h4-5H,3,6H2,1-2H3. The molecule has 0 aliphatic heterocycles. The van der Waals surface area contributed by atoms with Crippen LogP contribution in [0.1, 0.15) is 23.9 Å². The van der Waals surface area contributed by atoms with Gasteiger partial charge in [0.25, 0.3) is 5.89 Å². The van der Waals surface area contributed by atoms with Crippen molar-refractivity contribution in [1.82, 2.24) is 4.98 Å². The lowest BCUT2D eigenvalue weighted by Crippen LogP contribution is -1.84. The third-order valence-electron chi connectivity index (χ3n) is 2.29. The summed E-state index contributed by atoms with van der Waals surface area (Å²) >= 11 is 5.76. The molecule has 2 aromatic rings. The van der Waals surface area contributed by atoms with Gasteiger partial charge < -0.3 is 8.83 Å². The van der Waals surface area contributed by atoms with Gasteiger partial charge >= 0.3 is 0 Å². The lowest BCUT2D eigenvalue weighted by Gasteiger charge is -1.90. The van der Waals surface area contributed by atoms with Gasteiger partial charge in [-0.15, -0.1) is 11.6 Å². The third kappa shape index (κ3) is 1.79. The van der Waals surface area contributed by atoms with Crippen molar-refractivity contribution in [3.05, 3.63) is 29.3 Å². The fourth-order valence-corrected chi connectivity index (χ4v) is 1.66. The summed E-state index contributed by atoms with van der Waals surface area (Å²) in [6.07, 6.45) is 2.44. The van der Waals surface area contributed by atoms with Crippen molar-refractivity contribution in [3.8, 4) is 11.7 Å². The Labute approximate surface area is 93.1 Å². The second-order valence-electron chi connectivity index (χ2n) is 3.31. The second kappa shape index (κ2) is 4.11. The van der Waals surface area contributed by atoms with E-state index in [9.17, 15) is 0 Å². The van der Waals surface area contributed by atoms with Gasteiger partial charge in [-0.1, -0.05) is 6.92 Å². The summed E-state index contributed by atoms with van der Waals surface area (Å²) in [6.45, 7) is 3.97. The topological polar surface area (TPSA) is 39.2 Å². The molecule has 4 heteroatoms. The van der Waals surface area contributed by atoms with Crippen LogP contribution in [0.25, 0.3) is 11.7 Å². The maximum Gasteiger partial charge on any atom is 0.263 e. The summed E-state index contributed by atoms with van der Waals surface area (Å²) in [6, 6.07) is 1.88. The van der Waals surface area contributed by atoms with E-state index >= 15 is 0 Å². The maximum atomic E-state index is 5.76. The lowest BCUT2D eigenvalue weighted by atomic mass is 10.3. The molecule has 2 heterocycles. The van der Waals surface area contributed by atoms with Crippen LogP contribution in [-0.4, -0.2) is 4.98 Å². The zero-order valence-corrected chi connectivity index (χ0v) is 9.47. The van der Waals surface area contributed by atoms with E-state index in [1.54, 1.807) is 6.26 Å². The first kappa shape index (κ1) is 10.3. The van der Waals surface area contributed by atoms with Gasteiger partial charge in [-0.25, -0.2) is 4.98 Å². The number of alkyl halides is 1.